The summed E-state index contributed by atoms with van der Waals surface area (Å²) in [6.07, 6.45) is -1.46. The first-order valence-electron chi connectivity index (χ1n) is 3.54. The first-order chi connectivity index (χ1) is 5.37. The molecule has 0 aliphatic heterocycles. The summed E-state index contributed by atoms with van der Waals surface area (Å²) in [5.74, 6) is 0. The van der Waals surface area contributed by atoms with E-state index in [1.807, 2.05) is 0 Å². The first kappa shape index (κ1) is 11.7. The van der Waals surface area contributed by atoms with Crippen LogP contribution in [-0.2, 0) is 9.05 Å². The summed E-state index contributed by atoms with van der Waals surface area (Å²) in [6, 6.07) is 1.63. The van der Waals surface area contributed by atoms with Gasteiger partial charge in [-0.1, -0.05) is 0 Å². The molecule has 12 heavy (non-hydrogen) atoms. The zero-order valence-electron chi connectivity index (χ0n) is 7.24. The van der Waals surface area contributed by atoms with E-state index in [1.165, 1.54) is 6.92 Å². The van der Waals surface area contributed by atoms with Crippen molar-refractivity contribution in [3.05, 3.63) is 0 Å². The third kappa shape index (κ3) is 5.39. The summed E-state index contributed by atoms with van der Waals surface area (Å²) in [5, 5.41) is 8.25. The Labute approximate surface area is 71.6 Å². The molecular formula is C6H13FNO3P. The summed E-state index contributed by atoms with van der Waals surface area (Å²) in [4.78, 5) is 8.86. The molecule has 0 aromatic heterocycles. The number of nitrogens with zero attached hydrogens (tertiary/aromatic N) is 1. The fourth-order valence-electron chi connectivity index (χ4n) is 0.563. The Balaban J connectivity index is 3.96. The summed E-state index contributed by atoms with van der Waals surface area (Å²) in [6.45, 7) is 4.47. The van der Waals surface area contributed by atoms with Gasteiger partial charge in [-0.25, -0.2) is 0 Å². The maximum absolute atomic E-state index is 12.9. The van der Waals surface area contributed by atoms with Crippen LogP contribution >= 0.6 is 8.25 Å². The maximum atomic E-state index is 12.9. The Morgan fingerprint density at radius 3 is 2.25 bits per heavy atom. The second-order valence-electron chi connectivity index (χ2n) is 2.56. The Bertz CT molecular complexity index is 180. The van der Waals surface area contributed by atoms with Gasteiger partial charge in [0, 0.05) is 0 Å². The molecule has 0 radical (unpaired) electrons. The standard InChI is InChI=1S/C6H13FNO3P/c1-5(2)10-12(7,9)11-6(3)4-8/h5-6,9,12H,1-3H3. The zero-order valence-corrected chi connectivity index (χ0v) is 8.24. The van der Waals surface area contributed by atoms with Crippen LogP contribution < -0.4 is 0 Å². The number of rotatable bonds is 4. The molecule has 0 spiro atoms. The van der Waals surface area contributed by atoms with Crippen LogP contribution in [0.1, 0.15) is 20.8 Å². The van der Waals surface area contributed by atoms with E-state index in [1.54, 1.807) is 19.9 Å². The molecule has 72 valence electrons. The van der Waals surface area contributed by atoms with Crippen molar-refractivity contribution >= 4 is 8.25 Å². The topological polar surface area (TPSA) is 62.5 Å². The second-order valence-corrected chi connectivity index (χ2v) is 4.04. The predicted molar refractivity (Wildman–Crippen MR) is 44.0 cm³/mol. The summed E-state index contributed by atoms with van der Waals surface area (Å²) in [5.41, 5.74) is 0. The van der Waals surface area contributed by atoms with E-state index in [4.69, 9.17) is 10.2 Å². The zero-order chi connectivity index (χ0) is 9.78. The van der Waals surface area contributed by atoms with Crippen molar-refractivity contribution < 1.29 is 18.1 Å². The molecule has 1 N–H and O–H groups in total. The molecule has 0 saturated carbocycles. The molecule has 1 atom stereocenters. The van der Waals surface area contributed by atoms with Crippen molar-refractivity contribution in [3.63, 3.8) is 0 Å². The fourth-order valence-corrected chi connectivity index (χ4v) is 1.69. The minimum absolute atomic E-state index is 0.461. The van der Waals surface area contributed by atoms with Crippen LogP contribution in [0.25, 0.3) is 0 Å². The van der Waals surface area contributed by atoms with Crippen molar-refractivity contribution in [2.45, 2.75) is 33.0 Å². The molecule has 0 bridgehead atoms. The number of hydrogen-bond acceptors (Lipinski definition) is 4. The summed E-state index contributed by atoms with van der Waals surface area (Å²) in [7, 11) is -4.57. The van der Waals surface area contributed by atoms with Gasteiger partial charge in [0.1, 0.15) is 0 Å². The van der Waals surface area contributed by atoms with Crippen LogP contribution in [0.5, 0.6) is 0 Å². The van der Waals surface area contributed by atoms with E-state index in [2.05, 4.69) is 9.05 Å². The van der Waals surface area contributed by atoms with Gasteiger partial charge in [0.25, 0.3) is 0 Å². The van der Waals surface area contributed by atoms with Gasteiger partial charge in [0.15, 0.2) is 0 Å². The van der Waals surface area contributed by atoms with Crippen LogP contribution in [0.15, 0.2) is 0 Å². The molecule has 6 heteroatoms. The molecule has 0 amide bonds. The van der Waals surface area contributed by atoms with Crippen molar-refractivity contribution in [3.8, 4) is 6.07 Å². The van der Waals surface area contributed by atoms with Crippen molar-refractivity contribution in [1.82, 2.24) is 0 Å². The van der Waals surface area contributed by atoms with Crippen LogP contribution in [0, 0.1) is 11.3 Å². The first-order valence-corrected chi connectivity index (χ1v) is 5.18. The van der Waals surface area contributed by atoms with Gasteiger partial charge in [-0.15, -0.1) is 0 Å². The fraction of sp³-hybridized carbons (Fsp3) is 0.833. The van der Waals surface area contributed by atoms with Gasteiger partial charge in [-0.2, -0.15) is 0 Å². The summed E-state index contributed by atoms with van der Waals surface area (Å²) < 4.78 is 21.7. The molecular weight excluding hydrogens is 184 g/mol. The molecule has 0 aromatic rings. The number of nitriles is 1. The van der Waals surface area contributed by atoms with Crippen molar-refractivity contribution in [1.29, 1.82) is 5.26 Å². The van der Waals surface area contributed by atoms with Gasteiger partial charge < -0.3 is 0 Å². The molecule has 0 fully saturated rings. The average Bonchev–Trinajstić information content (AvgIpc) is 1.83. The molecule has 0 rings (SSSR count). The normalized spacial score (nSPS) is 15.8. The SMILES string of the molecule is CC(C)O[PH](O)(F)OC(C)C#N. The average molecular weight is 197 g/mol. The van der Waals surface area contributed by atoms with Crippen LogP contribution in [-0.4, -0.2) is 17.1 Å². The van der Waals surface area contributed by atoms with E-state index >= 15 is 0 Å². The van der Waals surface area contributed by atoms with E-state index in [-0.39, 0.29) is 0 Å². The predicted octanol–water partition coefficient (Wildman–Crippen LogP) is 1.71. The Morgan fingerprint density at radius 2 is 1.92 bits per heavy atom. The van der Waals surface area contributed by atoms with Crippen molar-refractivity contribution in [2.75, 3.05) is 0 Å². The van der Waals surface area contributed by atoms with E-state index in [9.17, 15) is 4.20 Å². The van der Waals surface area contributed by atoms with Gasteiger partial charge >= 0.3 is 70.7 Å². The number of halogens is 1. The molecule has 1 unspecified atom stereocenters. The van der Waals surface area contributed by atoms with Crippen LogP contribution in [0.2, 0.25) is 0 Å². The van der Waals surface area contributed by atoms with Gasteiger partial charge in [-0.05, 0) is 0 Å². The van der Waals surface area contributed by atoms with Crippen LogP contribution in [0.3, 0.4) is 0 Å². The molecule has 0 aliphatic rings. The Hall–Kier alpha value is -0.270. The van der Waals surface area contributed by atoms with Crippen molar-refractivity contribution in [2.24, 2.45) is 0 Å². The van der Waals surface area contributed by atoms with Gasteiger partial charge in [0.2, 0.25) is 0 Å². The van der Waals surface area contributed by atoms with Crippen LogP contribution in [0.4, 0.5) is 4.20 Å². The van der Waals surface area contributed by atoms with E-state index < -0.39 is 20.5 Å². The molecule has 0 saturated heterocycles. The number of hydrogen-bond donors (Lipinski definition) is 1. The van der Waals surface area contributed by atoms with Gasteiger partial charge in [0.05, 0.1) is 0 Å². The molecule has 0 heterocycles. The quantitative estimate of drug-likeness (QED) is 0.697. The third-order valence-electron chi connectivity index (χ3n) is 0.885. The third-order valence-corrected chi connectivity index (χ3v) is 2.29. The van der Waals surface area contributed by atoms with Gasteiger partial charge in [-0.3, -0.25) is 0 Å². The molecule has 0 aliphatic carbocycles. The minimum atomic E-state index is -4.57. The van der Waals surface area contributed by atoms with E-state index in [0.717, 1.165) is 0 Å². The Kier molecular flexibility index (Phi) is 4.58. The second kappa shape index (κ2) is 4.68. The molecule has 0 aromatic carbocycles. The monoisotopic (exact) mass is 197 g/mol. The molecule has 4 nitrogen and oxygen atoms in total. The summed E-state index contributed by atoms with van der Waals surface area (Å²) >= 11 is 0. The Morgan fingerprint density at radius 1 is 1.42 bits per heavy atom. The van der Waals surface area contributed by atoms with E-state index in [0.29, 0.717) is 0 Å².